The Balaban J connectivity index is 1.78. The molecular weight excluding hydrogens is 296 g/mol. The summed E-state index contributed by atoms with van der Waals surface area (Å²) in [5.41, 5.74) is 0.932. The van der Waals surface area contributed by atoms with Crippen molar-refractivity contribution < 1.29 is 9.53 Å². The summed E-state index contributed by atoms with van der Waals surface area (Å²) in [4.78, 5) is 15.1. The summed E-state index contributed by atoms with van der Waals surface area (Å²) in [6.07, 6.45) is 2.83. The first-order valence-electron chi connectivity index (χ1n) is 7.78. The molecule has 0 aromatic carbocycles. The fourth-order valence-corrected chi connectivity index (χ4v) is 3.05. The zero-order valence-electron chi connectivity index (χ0n) is 13.9. The molecule has 1 aliphatic rings. The molecule has 1 N–H and O–H groups in total. The van der Waals surface area contributed by atoms with Gasteiger partial charge in [-0.15, -0.1) is 11.3 Å². The van der Waals surface area contributed by atoms with Crippen LogP contribution in [-0.4, -0.2) is 36.2 Å². The molecular formula is C17H26N2O2S. The van der Waals surface area contributed by atoms with Gasteiger partial charge in [0, 0.05) is 30.6 Å². The van der Waals surface area contributed by atoms with E-state index in [1.165, 1.54) is 10.5 Å². The average molecular weight is 322 g/mol. The molecule has 1 atom stereocenters. The fourth-order valence-electron chi connectivity index (χ4n) is 2.29. The molecule has 1 aromatic rings. The maximum absolute atomic E-state index is 12.0. The Bertz CT molecular complexity index is 517. The average Bonchev–Trinajstić information content (AvgIpc) is 2.97. The van der Waals surface area contributed by atoms with Crippen molar-refractivity contribution in [2.75, 3.05) is 19.6 Å². The summed E-state index contributed by atoms with van der Waals surface area (Å²) in [6.45, 7) is 10.1. The molecule has 1 amide bonds. The van der Waals surface area contributed by atoms with E-state index in [4.69, 9.17) is 4.74 Å². The molecule has 1 aromatic heterocycles. The highest BCUT2D eigenvalue weighted by molar-refractivity contribution is 7.10. The number of rotatable bonds is 4. The van der Waals surface area contributed by atoms with Gasteiger partial charge < -0.3 is 15.0 Å². The van der Waals surface area contributed by atoms with Gasteiger partial charge in [-0.05, 0) is 45.6 Å². The first kappa shape index (κ1) is 17.0. The Morgan fingerprint density at radius 2 is 2.27 bits per heavy atom. The van der Waals surface area contributed by atoms with Crippen LogP contribution in [0.5, 0.6) is 0 Å². The molecule has 22 heavy (non-hydrogen) atoms. The lowest BCUT2D eigenvalue weighted by molar-refractivity contribution is 0.0265. The first-order valence-corrected chi connectivity index (χ1v) is 8.66. The van der Waals surface area contributed by atoms with Gasteiger partial charge in [-0.2, -0.15) is 0 Å². The zero-order chi connectivity index (χ0) is 16.2. The van der Waals surface area contributed by atoms with E-state index in [1.54, 1.807) is 16.2 Å². The Hall–Kier alpha value is -1.33. The van der Waals surface area contributed by atoms with Crippen LogP contribution in [0, 0.1) is 0 Å². The number of ether oxygens (including phenoxy) is 1. The monoisotopic (exact) mass is 322 g/mol. The Kier molecular flexibility index (Phi) is 5.64. The van der Waals surface area contributed by atoms with E-state index < -0.39 is 5.60 Å². The quantitative estimate of drug-likeness (QED) is 0.853. The van der Waals surface area contributed by atoms with Gasteiger partial charge in [0.2, 0.25) is 0 Å². The van der Waals surface area contributed by atoms with Crippen LogP contribution < -0.4 is 5.32 Å². The second-order valence-electron chi connectivity index (χ2n) is 6.66. The van der Waals surface area contributed by atoms with E-state index in [0.717, 1.165) is 19.5 Å². The van der Waals surface area contributed by atoms with Crippen molar-refractivity contribution in [2.24, 2.45) is 0 Å². The van der Waals surface area contributed by atoms with Crippen molar-refractivity contribution in [3.63, 3.8) is 0 Å². The zero-order valence-corrected chi connectivity index (χ0v) is 14.7. The number of hydrogen-bond acceptors (Lipinski definition) is 4. The van der Waals surface area contributed by atoms with Crippen LogP contribution in [0.2, 0.25) is 0 Å². The molecule has 2 rings (SSSR count). The van der Waals surface area contributed by atoms with Gasteiger partial charge in [-0.1, -0.05) is 17.7 Å². The molecule has 0 saturated carbocycles. The molecule has 0 saturated heterocycles. The maximum atomic E-state index is 12.0. The molecule has 1 unspecified atom stereocenters. The van der Waals surface area contributed by atoms with Crippen molar-refractivity contribution in [2.45, 2.75) is 45.8 Å². The third kappa shape index (κ3) is 5.14. The fraction of sp³-hybridized carbons (Fsp3) is 0.588. The lowest BCUT2D eigenvalue weighted by Crippen LogP contribution is -2.40. The number of amides is 1. The van der Waals surface area contributed by atoms with Gasteiger partial charge in [0.15, 0.2) is 0 Å². The predicted octanol–water partition coefficient (Wildman–Crippen LogP) is 3.97. The first-order chi connectivity index (χ1) is 10.3. The second kappa shape index (κ2) is 7.29. The van der Waals surface area contributed by atoms with Crippen LogP contribution in [0.1, 0.15) is 45.0 Å². The Labute approximate surface area is 137 Å². The Morgan fingerprint density at radius 3 is 2.82 bits per heavy atom. The normalized spacial score (nSPS) is 17.1. The largest absolute Gasteiger partial charge is 0.444 e. The topological polar surface area (TPSA) is 41.6 Å². The number of thiophene rings is 1. The highest BCUT2D eigenvalue weighted by Crippen LogP contribution is 2.19. The summed E-state index contributed by atoms with van der Waals surface area (Å²) >= 11 is 1.78. The van der Waals surface area contributed by atoms with Gasteiger partial charge in [-0.3, -0.25) is 0 Å². The minimum atomic E-state index is -0.432. The molecule has 0 fully saturated rings. The lowest BCUT2D eigenvalue weighted by Gasteiger charge is -2.30. The van der Waals surface area contributed by atoms with Gasteiger partial charge in [0.1, 0.15) is 5.60 Å². The van der Waals surface area contributed by atoms with E-state index in [2.05, 4.69) is 35.8 Å². The highest BCUT2D eigenvalue weighted by atomic mass is 32.1. The number of carbonyl (C=O) groups excluding carboxylic acids is 1. The van der Waals surface area contributed by atoms with Crippen molar-refractivity contribution in [1.29, 1.82) is 0 Å². The van der Waals surface area contributed by atoms with Crippen molar-refractivity contribution in [1.82, 2.24) is 10.2 Å². The van der Waals surface area contributed by atoms with Crippen LogP contribution in [0.25, 0.3) is 0 Å². The standard InChI is InChI=1S/C17H26N2O2S/c1-13(15-6-5-11-22-15)18-12-14-7-9-19(10-8-14)16(20)21-17(2,3)4/h5-7,11,13,18H,8-10,12H2,1-4H3. The van der Waals surface area contributed by atoms with E-state index >= 15 is 0 Å². The molecule has 0 radical (unpaired) electrons. The van der Waals surface area contributed by atoms with Gasteiger partial charge in [-0.25, -0.2) is 4.79 Å². The van der Waals surface area contributed by atoms with Crippen LogP contribution in [0.4, 0.5) is 4.79 Å². The lowest BCUT2D eigenvalue weighted by atomic mass is 10.1. The number of nitrogens with one attached hydrogen (secondary N) is 1. The van der Waals surface area contributed by atoms with Crippen LogP contribution in [0.3, 0.4) is 0 Å². The van der Waals surface area contributed by atoms with E-state index in [9.17, 15) is 4.79 Å². The molecule has 4 nitrogen and oxygen atoms in total. The van der Waals surface area contributed by atoms with Gasteiger partial charge >= 0.3 is 6.09 Å². The summed E-state index contributed by atoms with van der Waals surface area (Å²) < 4.78 is 5.40. The summed E-state index contributed by atoms with van der Waals surface area (Å²) in [5, 5.41) is 5.65. The van der Waals surface area contributed by atoms with Crippen LogP contribution in [0.15, 0.2) is 29.2 Å². The smallest absolute Gasteiger partial charge is 0.410 e. The summed E-state index contributed by atoms with van der Waals surface area (Å²) in [5.74, 6) is 0. The SMILES string of the molecule is CC(NCC1=CCN(C(=O)OC(C)(C)C)CC1)c1cccs1. The number of hydrogen-bond donors (Lipinski definition) is 1. The number of carbonyl (C=O) groups is 1. The third-order valence-corrected chi connectivity index (χ3v) is 4.62. The Morgan fingerprint density at radius 1 is 1.50 bits per heavy atom. The van der Waals surface area contributed by atoms with Crippen molar-refractivity contribution in [3.8, 4) is 0 Å². The summed E-state index contributed by atoms with van der Waals surface area (Å²) in [7, 11) is 0. The molecule has 0 bridgehead atoms. The van der Waals surface area contributed by atoms with E-state index in [1.807, 2.05) is 20.8 Å². The van der Waals surface area contributed by atoms with Crippen molar-refractivity contribution in [3.05, 3.63) is 34.0 Å². The van der Waals surface area contributed by atoms with Gasteiger partial charge in [0.25, 0.3) is 0 Å². The molecule has 1 aliphatic heterocycles. The predicted molar refractivity (Wildman–Crippen MR) is 91.2 cm³/mol. The van der Waals surface area contributed by atoms with Crippen molar-refractivity contribution >= 4 is 17.4 Å². The second-order valence-corrected chi connectivity index (χ2v) is 7.64. The molecule has 0 aliphatic carbocycles. The molecule has 5 heteroatoms. The molecule has 0 spiro atoms. The molecule has 2 heterocycles. The molecule has 122 valence electrons. The highest BCUT2D eigenvalue weighted by Gasteiger charge is 2.23. The van der Waals surface area contributed by atoms with Crippen LogP contribution in [-0.2, 0) is 4.74 Å². The van der Waals surface area contributed by atoms with E-state index in [-0.39, 0.29) is 6.09 Å². The third-order valence-electron chi connectivity index (χ3n) is 3.56. The maximum Gasteiger partial charge on any atom is 0.410 e. The van der Waals surface area contributed by atoms with Crippen LogP contribution >= 0.6 is 11.3 Å². The van der Waals surface area contributed by atoms with E-state index in [0.29, 0.717) is 12.6 Å². The number of nitrogens with zero attached hydrogens (tertiary/aromatic N) is 1. The minimum absolute atomic E-state index is 0.220. The van der Waals surface area contributed by atoms with Gasteiger partial charge in [0.05, 0.1) is 0 Å². The summed E-state index contributed by atoms with van der Waals surface area (Å²) in [6, 6.07) is 4.60. The minimum Gasteiger partial charge on any atom is -0.444 e.